The Labute approximate surface area is 269 Å². The molecule has 1 aliphatic rings. The summed E-state index contributed by atoms with van der Waals surface area (Å²) in [5.41, 5.74) is 0.317. The van der Waals surface area contributed by atoms with Crippen LogP contribution in [0, 0.1) is 0 Å². The Balaban J connectivity index is 1.71. The molecule has 1 aromatic carbocycles. The molecule has 0 atom stereocenters. The van der Waals surface area contributed by atoms with Gasteiger partial charge in [-0.1, -0.05) is 50.6 Å². The SMILES string of the molecule is CC(C)(C)OC(=O)N(CCO[Si](C)(C)C(C)(C)C)Cc1ccc(C(=O)Nc2cccc(B3OC(C)(C)C(C)(C)O3)c2Cl)nc1. The lowest BCUT2D eigenvalue weighted by atomic mass is 9.79. The molecule has 2 amide bonds. The van der Waals surface area contributed by atoms with Crippen molar-refractivity contribution in [1.29, 1.82) is 0 Å². The third-order valence-corrected chi connectivity index (χ3v) is 13.5. The van der Waals surface area contributed by atoms with E-state index < -0.39 is 44.2 Å². The van der Waals surface area contributed by atoms with Gasteiger partial charge in [0.1, 0.15) is 11.3 Å². The number of halogens is 1. The van der Waals surface area contributed by atoms with Gasteiger partial charge in [0.2, 0.25) is 0 Å². The molecule has 1 N–H and O–H groups in total. The van der Waals surface area contributed by atoms with Gasteiger partial charge < -0.3 is 28.7 Å². The van der Waals surface area contributed by atoms with Crippen LogP contribution >= 0.6 is 11.6 Å². The van der Waals surface area contributed by atoms with Crippen LogP contribution in [-0.4, -0.2) is 67.3 Å². The van der Waals surface area contributed by atoms with E-state index in [1.807, 2.05) is 54.5 Å². The van der Waals surface area contributed by atoms with Crippen LogP contribution in [0.1, 0.15) is 85.3 Å². The summed E-state index contributed by atoms with van der Waals surface area (Å²) >= 11 is 6.71. The number of nitrogens with one attached hydrogen (secondary N) is 1. The molecule has 1 saturated heterocycles. The highest BCUT2D eigenvalue weighted by atomic mass is 35.5. The summed E-state index contributed by atoms with van der Waals surface area (Å²) in [6.45, 7) is 25.3. The second-order valence-electron chi connectivity index (χ2n) is 14.8. The summed E-state index contributed by atoms with van der Waals surface area (Å²) in [5, 5.41) is 3.24. The molecule has 0 saturated carbocycles. The van der Waals surface area contributed by atoms with Crippen LogP contribution in [0.25, 0.3) is 0 Å². The summed E-state index contributed by atoms with van der Waals surface area (Å²) in [5.74, 6) is -0.420. The molecule has 1 aromatic heterocycles. The van der Waals surface area contributed by atoms with Gasteiger partial charge in [0.05, 0.1) is 35.1 Å². The Bertz CT molecular complexity index is 1320. The molecule has 12 heteroatoms. The molecule has 0 unspecified atom stereocenters. The molecule has 1 aliphatic heterocycles. The number of rotatable bonds is 9. The molecule has 242 valence electrons. The molecule has 2 aromatic rings. The number of pyridine rings is 1. The van der Waals surface area contributed by atoms with Crippen molar-refractivity contribution in [3.63, 3.8) is 0 Å². The van der Waals surface area contributed by atoms with E-state index in [9.17, 15) is 9.59 Å². The predicted molar refractivity (Wildman–Crippen MR) is 179 cm³/mol. The summed E-state index contributed by atoms with van der Waals surface area (Å²) < 4.78 is 24.3. The minimum atomic E-state index is -1.99. The highest BCUT2D eigenvalue weighted by Crippen LogP contribution is 2.38. The van der Waals surface area contributed by atoms with Crippen LogP contribution in [0.2, 0.25) is 23.2 Å². The zero-order chi connectivity index (χ0) is 33.3. The first-order valence-electron chi connectivity index (χ1n) is 15.1. The number of anilines is 1. The average Bonchev–Trinajstić information content (AvgIpc) is 3.09. The minimum Gasteiger partial charge on any atom is -0.444 e. The number of aromatic nitrogens is 1. The lowest BCUT2D eigenvalue weighted by Gasteiger charge is -2.37. The van der Waals surface area contributed by atoms with Crippen LogP contribution in [0.5, 0.6) is 0 Å². The minimum absolute atomic E-state index is 0.0571. The van der Waals surface area contributed by atoms with Crippen molar-refractivity contribution in [3.8, 4) is 0 Å². The quantitative estimate of drug-likeness (QED) is 0.292. The fourth-order valence-electron chi connectivity index (χ4n) is 4.05. The number of hydrogen-bond acceptors (Lipinski definition) is 7. The van der Waals surface area contributed by atoms with Crippen molar-refractivity contribution in [3.05, 3.63) is 52.8 Å². The average molecular weight is 646 g/mol. The summed E-state index contributed by atoms with van der Waals surface area (Å²) in [4.78, 5) is 32.2. The van der Waals surface area contributed by atoms with Gasteiger partial charge in [0, 0.05) is 18.2 Å². The molecule has 0 radical (unpaired) electrons. The lowest BCUT2D eigenvalue weighted by molar-refractivity contribution is 0.00578. The Hall–Kier alpha value is -2.44. The van der Waals surface area contributed by atoms with Crippen LogP contribution in [0.4, 0.5) is 10.5 Å². The number of nitrogens with zero attached hydrogens (tertiary/aromatic N) is 2. The maximum atomic E-state index is 13.1. The van der Waals surface area contributed by atoms with Gasteiger partial charge in [-0.3, -0.25) is 9.78 Å². The number of carbonyl (C=O) groups excluding carboxylic acids is 2. The van der Waals surface area contributed by atoms with Gasteiger partial charge in [-0.15, -0.1) is 0 Å². The molecule has 0 aliphatic carbocycles. The van der Waals surface area contributed by atoms with Gasteiger partial charge in [-0.25, -0.2) is 4.79 Å². The molecule has 44 heavy (non-hydrogen) atoms. The molecule has 1 fully saturated rings. The van der Waals surface area contributed by atoms with Gasteiger partial charge in [-0.2, -0.15) is 0 Å². The van der Waals surface area contributed by atoms with E-state index in [2.05, 4.69) is 44.2 Å². The summed E-state index contributed by atoms with van der Waals surface area (Å²) in [6, 6.07) is 8.72. The van der Waals surface area contributed by atoms with E-state index in [4.69, 9.17) is 30.1 Å². The Morgan fingerprint density at radius 3 is 2.16 bits per heavy atom. The first kappa shape index (κ1) is 36.0. The number of carbonyl (C=O) groups is 2. The van der Waals surface area contributed by atoms with Crippen molar-refractivity contribution < 1.29 is 28.1 Å². The van der Waals surface area contributed by atoms with E-state index in [1.54, 1.807) is 35.4 Å². The first-order valence-corrected chi connectivity index (χ1v) is 18.3. The predicted octanol–water partition coefficient (Wildman–Crippen LogP) is 7.05. The molecular weight excluding hydrogens is 597 g/mol. The lowest BCUT2D eigenvalue weighted by Crippen LogP contribution is -2.44. The van der Waals surface area contributed by atoms with Crippen molar-refractivity contribution >= 4 is 50.2 Å². The monoisotopic (exact) mass is 645 g/mol. The number of hydrogen-bond donors (Lipinski definition) is 1. The van der Waals surface area contributed by atoms with E-state index in [1.165, 1.54) is 0 Å². The van der Waals surface area contributed by atoms with Crippen molar-refractivity contribution in [2.75, 3.05) is 18.5 Å². The van der Waals surface area contributed by atoms with Gasteiger partial charge in [-0.05, 0) is 84.3 Å². The third-order valence-electron chi connectivity index (χ3n) is 8.50. The molecule has 9 nitrogen and oxygen atoms in total. The van der Waals surface area contributed by atoms with E-state index >= 15 is 0 Å². The smallest absolute Gasteiger partial charge is 0.444 e. The van der Waals surface area contributed by atoms with Crippen molar-refractivity contribution in [2.24, 2.45) is 0 Å². The molecule has 0 bridgehead atoms. The molecular formula is C32H49BClN3O6Si. The van der Waals surface area contributed by atoms with Crippen molar-refractivity contribution in [1.82, 2.24) is 9.88 Å². The highest BCUT2D eigenvalue weighted by Gasteiger charge is 2.52. The van der Waals surface area contributed by atoms with Crippen LogP contribution < -0.4 is 10.8 Å². The zero-order valence-corrected chi connectivity index (χ0v) is 30.1. The van der Waals surface area contributed by atoms with Crippen LogP contribution in [0.3, 0.4) is 0 Å². The molecule has 2 heterocycles. The molecule has 0 spiro atoms. The second-order valence-corrected chi connectivity index (χ2v) is 20.0. The standard InChI is InChI=1S/C32H49BClN3O6Si/c1-29(2,3)41-28(39)37(18-19-40-44(11,12)30(4,5)6)21-22-16-17-25(35-20-22)27(38)36-24-15-13-14-23(26(24)34)33-42-31(7,8)32(9,10)43-33/h13-17,20H,18-19,21H2,1-12H3,(H,36,38). The normalized spacial score (nSPS) is 16.5. The highest BCUT2D eigenvalue weighted by molar-refractivity contribution is 6.74. The molecule has 3 rings (SSSR count). The Kier molecular flexibility index (Phi) is 10.7. The third kappa shape index (κ3) is 8.84. The Morgan fingerprint density at radius 2 is 1.64 bits per heavy atom. The maximum Gasteiger partial charge on any atom is 0.496 e. The van der Waals surface area contributed by atoms with Crippen LogP contribution in [0.15, 0.2) is 36.5 Å². The van der Waals surface area contributed by atoms with Crippen LogP contribution in [-0.2, 0) is 25.0 Å². The number of ether oxygens (including phenoxy) is 1. The topological polar surface area (TPSA) is 99.2 Å². The van der Waals surface area contributed by atoms with E-state index in [0.29, 0.717) is 29.3 Å². The fourth-order valence-corrected chi connectivity index (χ4v) is 5.34. The zero-order valence-electron chi connectivity index (χ0n) is 28.4. The maximum absolute atomic E-state index is 13.1. The Morgan fingerprint density at radius 1 is 1.02 bits per heavy atom. The fraction of sp³-hybridized carbons (Fsp3) is 0.594. The summed E-state index contributed by atoms with van der Waals surface area (Å²) in [7, 11) is -2.65. The first-order chi connectivity index (χ1) is 20.0. The second kappa shape index (κ2) is 13.1. The van der Waals surface area contributed by atoms with E-state index in [-0.39, 0.29) is 17.3 Å². The van der Waals surface area contributed by atoms with Gasteiger partial charge in [0.25, 0.3) is 5.91 Å². The largest absolute Gasteiger partial charge is 0.496 e. The van der Waals surface area contributed by atoms with E-state index in [0.717, 1.165) is 5.56 Å². The van der Waals surface area contributed by atoms with Gasteiger partial charge in [0.15, 0.2) is 8.32 Å². The van der Waals surface area contributed by atoms with Gasteiger partial charge >= 0.3 is 13.2 Å². The number of amides is 2. The summed E-state index contributed by atoms with van der Waals surface area (Å²) in [6.07, 6.45) is 1.15. The van der Waals surface area contributed by atoms with Crippen molar-refractivity contribution in [2.45, 2.75) is 111 Å². The number of benzene rings is 1.